The summed E-state index contributed by atoms with van der Waals surface area (Å²) in [7, 11) is -2.37. The Morgan fingerprint density at radius 2 is 1.53 bits per heavy atom. The van der Waals surface area contributed by atoms with Crippen LogP contribution in [0.5, 0.6) is 0 Å². The molecule has 0 saturated carbocycles. The van der Waals surface area contributed by atoms with Crippen LogP contribution >= 0.6 is 0 Å². The highest BCUT2D eigenvalue weighted by atomic mass is 28.3. The van der Waals surface area contributed by atoms with Gasteiger partial charge in [-0.25, -0.2) is 0 Å². The first kappa shape index (κ1) is 15.1. The average Bonchev–Trinajstić information content (AvgIpc) is 2.21. The van der Waals surface area contributed by atoms with Crippen LogP contribution < -0.4 is 5.73 Å². The predicted octanol–water partition coefficient (Wildman–Crippen LogP) is 1.66. The van der Waals surface area contributed by atoms with Crippen LogP contribution in [0, 0.1) is 0 Å². The van der Waals surface area contributed by atoms with Gasteiger partial charge >= 0.3 is 9.28 Å². The van der Waals surface area contributed by atoms with Crippen LogP contribution in [0.4, 0.5) is 0 Å². The topological polar surface area (TPSA) is 66.5 Å². The fourth-order valence-corrected chi connectivity index (χ4v) is 2.78. The van der Waals surface area contributed by atoms with Crippen molar-refractivity contribution in [3.05, 3.63) is 0 Å². The number of unbranched alkanes of at least 4 members (excludes halogenated alkanes) is 5. The van der Waals surface area contributed by atoms with Crippen molar-refractivity contribution in [1.82, 2.24) is 0 Å². The van der Waals surface area contributed by atoms with Crippen molar-refractivity contribution in [3.8, 4) is 0 Å². The molecule has 0 heterocycles. The van der Waals surface area contributed by atoms with E-state index in [-0.39, 0.29) is 5.54 Å². The second-order valence-electron chi connectivity index (χ2n) is 4.28. The quantitative estimate of drug-likeness (QED) is 0.397. The number of hydrogen-bond donors (Lipinski definition) is 3. The molecule has 0 rings (SSSR count). The zero-order valence-corrected chi connectivity index (χ0v) is 11.1. The molecule has 1 atom stereocenters. The van der Waals surface area contributed by atoms with Gasteiger partial charge in [0.05, 0.1) is 0 Å². The molecule has 0 aliphatic heterocycles. The van der Waals surface area contributed by atoms with Crippen molar-refractivity contribution in [1.29, 1.82) is 0 Å². The van der Waals surface area contributed by atoms with E-state index < -0.39 is 9.28 Å². The molecule has 0 fully saturated rings. The molecule has 0 aromatic carbocycles. The molecule has 0 radical (unpaired) electrons. The lowest BCUT2D eigenvalue weighted by Gasteiger charge is -2.14. The number of rotatable bonds is 10. The van der Waals surface area contributed by atoms with Crippen LogP contribution in [0.1, 0.15) is 58.3 Å². The molecular formula is C11H27NO2Si. The molecule has 0 bridgehead atoms. The molecule has 0 saturated heterocycles. The standard InChI is InChI=1S/C11H27NO2Si/c1-2-11(15(13)14)9-7-5-3-4-6-8-10-12/h11,13-15H,2-10,12H2,1H3. The first-order valence-corrected chi connectivity index (χ1v) is 7.98. The number of nitrogens with two attached hydrogens (primary N) is 1. The van der Waals surface area contributed by atoms with Crippen molar-refractivity contribution >= 4 is 9.28 Å². The summed E-state index contributed by atoms with van der Waals surface area (Å²) in [6.45, 7) is 2.85. The number of hydrogen-bond acceptors (Lipinski definition) is 3. The normalized spacial score (nSPS) is 13.4. The lowest BCUT2D eigenvalue weighted by Crippen LogP contribution is -2.19. The molecule has 92 valence electrons. The molecule has 4 heteroatoms. The van der Waals surface area contributed by atoms with E-state index in [4.69, 9.17) is 15.3 Å². The van der Waals surface area contributed by atoms with E-state index in [2.05, 4.69) is 0 Å². The molecule has 4 N–H and O–H groups in total. The van der Waals surface area contributed by atoms with E-state index in [1.807, 2.05) is 6.92 Å². The largest absolute Gasteiger partial charge is 0.413 e. The van der Waals surface area contributed by atoms with Crippen LogP contribution in [-0.2, 0) is 0 Å². The minimum atomic E-state index is -2.37. The Hall–Kier alpha value is 0.0969. The Labute approximate surface area is 95.5 Å². The smallest absolute Gasteiger partial charge is 0.319 e. The zero-order chi connectivity index (χ0) is 11.5. The zero-order valence-electron chi connectivity index (χ0n) is 9.99. The second kappa shape index (κ2) is 10.6. The van der Waals surface area contributed by atoms with Crippen LogP contribution in [-0.4, -0.2) is 25.4 Å². The van der Waals surface area contributed by atoms with Crippen molar-refractivity contribution in [2.24, 2.45) is 5.73 Å². The molecule has 3 nitrogen and oxygen atoms in total. The summed E-state index contributed by atoms with van der Waals surface area (Å²) in [6, 6.07) is 0. The third-order valence-corrected chi connectivity index (χ3v) is 4.62. The summed E-state index contributed by atoms with van der Waals surface area (Å²) in [6.07, 6.45) is 9.19. The molecule has 0 amide bonds. The van der Waals surface area contributed by atoms with E-state index in [0.29, 0.717) is 0 Å². The van der Waals surface area contributed by atoms with Gasteiger partial charge in [0.1, 0.15) is 0 Å². The Morgan fingerprint density at radius 3 is 2.00 bits per heavy atom. The summed E-state index contributed by atoms with van der Waals surface area (Å²) in [5.74, 6) is 0. The Kier molecular flexibility index (Phi) is 10.7. The highest BCUT2D eigenvalue weighted by Gasteiger charge is 2.16. The maximum atomic E-state index is 9.17. The van der Waals surface area contributed by atoms with Crippen molar-refractivity contribution in [3.63, 3.8) is 0 Å². The van der Waals surface area contributed by atoms with Crippen molar-refractivity contribution in [2.75, 3.05) is 6.54 Å². The van der Waals surface area contributed by atoms with Crippen LogP contribution in [0.25, 0.3) is 0 Å². The Morgan fingerprint density at radius 1 is 1.00 bits per heavy atom. The molecule has 0 aliphatic carbocycles. The van der Waals surface area contributed by atoms with E-state index in [1.54, 1.807) is 0 Å². The molecule has 0 aromatic heterocycles. The first-order valence-electron chi connectivity index (χ1n) is 6.28. The Balaban J connectivity index is 3.22. The Bertz CT molecular complexity index is 134. The average molecular weight is 233 g/mol. The molecule has 0 spiro atoms. The maximum absolute atomic E-state index is 9.17. The van der Waals surface area contributed by atoms with E-state index in [9.17, 15) is 0 Å². The van der Waals surface area contributed by atoms with Gasteiger partial charge in [-0.2, -0.15) is 0 Å². The maximum Gasteiger partial charge on any atom is 0.319 e. The molecule has 15 heavy (non-hydrogen) atoms. The lowest BCUT2D eigenvalue weighted by atomic mass is 10.1. The minimum absolute atomic E-state index is 0.203. The van der Waals surface area contributed by atoms with Crippen molar-refractivity contribution in [2.45, 2.75) is 63.8 Å². The fourth-order valence-electron chi connectivity index (χ4n) is 1.82. The van der Waals surface area contributed by atoms with Gasteiger partial charge in [0.25, 0.3) is 0 Å². The monoisotopic (exact) mass is 233 g/mol. The van der Waals surface area contributed by atoms with Crippen LogP contribution in [0.15, 0.2) is 0 Å². The molecular weight excluding hydrogens is 206 g/mol. The SMILES string of the molecule is CCC(CCCCCCCCN)[SiH](O)O. The van der Waals surface area contributed by atoms with Gasteiger partial charge in [-0.15, -0.1) is 0 Å². The third-order valence-electron chi connectivity index (χ3n) is 2.98. The summed E-state index contributed by atoms with van der Waals surface area (Å²) >= 11 is 0. The van der Waals surface area contributed by atoms with E-state index in [0.717, 1.165) is 32.2 Å². The lowest BCUT2D eigenvalue weighted by molar-refractivity contribution is 0.371. The minimum Gasteiger partial charge on any atom is -0.413 e. The highest BCUT2D eigenvalue weighted by molar-refractivity contribution is 6.43. The highest BCUT2D eigenvalue weighted by Crippen LogP contribution is 2.21. The third kappa shape index (κ3) is 9.05. The summed E-state index contributed by atoms with van der Waals surface area (Å²) in [5, 5.41) is 0. The predicted molar refractivity (Wildman–Crippen MR) is 67.0 cm³/mol. The van der Waals surface area contributed by atoms with Gasteiger partial charge in [-0.1, -0.05) is 45.4 Å². The van der Waals surface area contributed by atoms with Crippen LogP contribution in [0.2, 0.25) is 5.54 Å². The van der Waals surface area contributed by atoms with Gasteiger partial charge in [0.15, 0.2) is 0 Å². The van der Waals surface area contributed by atoms with E-state index >= 15 is 0 Å². The van der Waals surface area contributed by atoms with Gasteiger partial charge in [-0.3, -0.25) is 0 Å². The van der Waals surface area contributed by atoms with Gasteiger partial charge < -0.3 is 15.3 Å². The fraction of sp³-hybridized carbons (Fsp3) is 1.00. The molecule has 1 unspecified atom stereocenters. The molecule has 0 aromatic rings. The van der Waals surface area contributed by atoms with Crippen molar-refractivity contribution < 1.29 is 9.59 Å². The van der Waals surface area contributed by atoms with Gasteiger partial charge in [0, 0.05) is 0 Å². The van der Waals surface area contributed by atoms with Crippen LogP contribution in [0.3, 0.4) is 0 Å². The molecule has 0 aliphatic rings. The summed E-state index contributed by atoms with van der Waals surface area (Å²) in [5.41, 5.74) is 5.61. The second-order valence-corrected chi connectivity index (χ2v) is 6.05. The summed E-state index contributed by atoms with van der Waals surface area (Å²) in [4.78, 5) is 18.3. The first-order chi connectivity index (χ1) is 7.22. The van der Waals surface area contributed by atoms with Gasteiger partial charge in [-0.05, 0) is 24.9 Å². The summed E-state index contributed by atoms with van der Waals surface area (Å²) < 4.78 is 0. The van der Waals surface area contributed by atoms with E-state index in [1.165, 1.54) is 25.7 Å². The van der Waals surface area contributed by atoms with Gasteiger partial charge in [0.2, 0.25) is 0 Å².